The van der Waals surface area contributed by atoms with E-state index in [1.165, 1.54) is 22.4 Å². The smallest absolute Gasteiger partial charge is 0.249 e. The Kier molecular flexibility index (Phi) is 5.18. The Morgan fingerprint density at radius 1 is 1.00 bits per heavy atom. The van der Waals surface area contributed by atoms with Gasteiger partial charge in [-0.15, -0.1) is 0 Å². The molecule has 0 aliphatic heterocycles. The Morgan fingerprint density at radius 2 is 1.59 bits per heavy atom. The molecule has 27 heavy (non-hydrogen) atoms. The van der Waals surface area contributed by atoms with Crippen LogP contribution in [0.4, 0.5) is 0 Å². The fourth-order valence-electron chi connectivity index (χ4n) is 3.77. The van der Waals surface area contributed by atoms with Crippen molar-refractivity contribution in [3.05, 3.63) is 77.9 Å². The van der Waals surface area contributed by atoms with E-state index in [0.29, 0.717) is 6.29 Å². The number of benzene rings is 2. The van der Waals surface area contributed by atoms with Gasteiger partial charge in [0.1, 0.15) is 24.4 Å². The first kappa shape index (κ1) is 19.6. The second-order valence-electron chi connectivity index (χ2n) is 8.47. The molecule has 1 atom stereocenters. The minimum Gasteiger partial charge on any atom is -0.314 e. The first-order valence-electron chi connectivity index (χ1n) is 9.42. The first-order valence-corrected chi connectivity index (χ1v) is 11.3. The maximum absolute atomic E-state index is 14.1. The van der Waals surface area contributed by atoms with Gasteiger partial charge in [-0.25, -0.2) is 9.13 Å². The van der Waals surface area contributed by atoms with Gasteiger partial charge in [0.2, 0.25) is 6.33 Å². The van der Waals surface area contributed by atoms with Crippen molar-refractivity contribution in [3.63, 3.8) is 0 Å². The molecule has 1 heterocycles. The van der Waals surface area contributed by atoms with Crippen molar-refractivity contribution in [2.24, 2.45) is 0 Å². The van der Waals surface area contributed by atoms with Gasteiger partial charge < -0.3 is 4.57 Å². The second-order valence-corrected chi connectivity index (χ2v) is 12.1. The quantitative estimate of drug-likeness (QED) is 0.454. The van der Waals surface area contributed by atoms with Crippen LogP contribution in [0.2, 0.25) is 0 Å². The maximum atomic E-state index is 14.1. The summed E-state index contributed by atoms with van der Waals surface area (Å²) in [5, 5.41) is 0.638. The van der Waals surface area contributed by atoms with Crippen molar-refractivity contribution in [1.82, 2.24) is 4.57 Å². The molecule has 0 aliphatic carbocycles. The normalized spacial score (nSPS) is 14.1. The summed E-state index contributed by atoms with van der Waals surface area (Å²) in [6.07, 6.45) is 6.65. The Labute approximate surface area is 163 Å². The van der Waals surface area contributed by atoms with E-state index in [4.69, 9.17) is 0 Å². The van der Waals surface area contributed by atoms with Crippen LogP contribution in [-0.4, -0.2) is 9.72 Å². The largest absolute Gasteiger partial charge is 0.314 e. The van der Waals surface area contributed by atoms with Gasteiger partial charge in [-0.1, -0.05) is 68.8 Å². The van der Waals surface area contributed by atoms with Gasteiger partial charge >= 0.3 is 0 Å². The predicted molar refractivity (Wildman–Crippen MR) is 114 cm³/mol. The summed E-state index contributed by atoms with van der Waals surface area (Å²) >= 11 is 0. The number of rotatable bonds is 4. The molecule has 0 fully saturated rings. The Balaban J connectivity index is 2.01. The summed E-state index contributed by atoms with van der Waals surface area (Å²) in [6.45, 7) is 12.6. The highest BCUT2D eigenvalue weighted by Gasteiger charge is 2.40. The van der Waals surface area contributed by atoms with Crippen molar-refractivity contribution < 1.29 is 9.13 Å². The summed E-state index contributed by atoms with van der Waals surface area (Å²) in [5.74, 6) is 0. The summed E-state index contributed by atoms with van der Waals surface area (Å²) in [6, 6.07) is 14.3. The summed E-state index contributed by atoms with van der Waals surface area (Å²) in [4.78, 5) is 0. The number of imidazole rings is 1. The summed E-state index contributed by atoms with van der Waals surface area (Å²) in [7, 11) is -2.64. The molecule has 3 nitrogen and oxygen atoms in total. The van der Waals surface area contributed by atoms with Crippen LogP contribution in [0.1, 0.15) is 37.5 Å². The Morgan fingerprint density at radius 3 is 2.15 bits per heavy atom. The third-order valence-electron chi connectivity index (χ3n) is 5.20. The molecule has 2 aromatic carbocycles. The lowest BCUT2D eigenvalue weighted by Crippen LogP contribution is -2.38. The van der Waals surface area contributed by atoms with Gasteiger partial charge in [0.25, 0.3) is 0 Å². The number of aromatic nitrogens is 2. The molecule has 3 aromatic rings. The van der Waals surface area contributed by atoms with Crippen LogP contribution < -0.4 is 9.87 Å². The molecule has 1 unspecified atom stereocenters. The van der Waals surface area contributed by atoms with Gasteiger partial charge in [-0.05, 0) is 31.9 Å². The minimum atomic E-state index is -2.64. The van der Waals surface area contributed by atoms with Crippen LogP contribution in [0.25, 0.3) is 5.69 Å². The predicted octanol–water partition coefficient (Wildman–Crippen LogP) is 5.13. The highest BCUT2D eigenvalue weighted by atomic mass is 31.2. The SMILES string of the molecule is Cc1cc(C)c(-n2cc[n+](CP(=O)(c3ccccc3)C(C)(C)C)c2)c(C)c1. The third-order valence-corrected chi connectivity index (χ3v) is 9.23. The highest BCUT2D eigenvalue weighted by Crippen LogP contribution is 2.56. The lowest BCUT2D eigenvalue weighted by atomic mass is 10.1. The van der Waals surface area contributed by atoms with Crippen molar-refractivity contribution in [2.45, 2.75) is 53.0 Å². The Hall–Kier alpha value is -2.12. The van der Waals surface area contributed by atoms with Gasteiger partial charge in [0.15, 0.2) is 7.14 Å². The highest BCUT2D eigenvalue weighted by molar-refractivity contribution is 7.71. The molecule has 1 aromatic heterocycles. The number of aryl methyl sites for hydroxylation is 3. The zero-order valence-electron chi connectivity index (χ0n) is 17.2. The van der Waals surface area contributed by atoms with E-state index >= 15 is 0 Å². The van der Waals surface area contributed by atoms with E-state index in [1.54, 1.807) is 0 Å². The van der Waals surface area contributed by atoms with E-state index in [0.717, 1.165) is 5.30 Å². The van der Waals surface area contributed by atoms with E-state index in [9.17, 15) is 4.57 Å². The van der Waals surface area contributed by atoms with Crippen LogP contribution in [0, 0.1) is 20.8 Å². The van der Waals surface area contributed by atoms with E-state index in [1.807, 2.05) is 36.5 Å². The molecule has 3 rings (SSSR count). The monoisotopic (exact) mass is 381 g/mol. The summed E-state index contributed by atoms with van der Waals surface area (Å²) in [5.41, 5.74) is 4.97. The van der Waals surface area contributed by atoms with Crippen LogP contribution in [0.15, 0.2) is 61.2 Å². The van der Waals surface area contributed by atoms with E-state index in [-0.39, 0.29) is 5.16 Å². The molecule has 0 aliphatic rings. The van der Waals surface area contributed by atoms with E-state index < -0.39 is 7.14 Å². The van der Waals surface area contributed by atoms with Gasteiger partial charge in [-0.3, -0.25) is 0 Å². The molecule has 0 bridgehead atoms. The number of nitrogens with zero attached hydrogens (tertiary/aromatic N) is 2. The number of hydrogen-bond donors (Lipinski definition) is 0. The summed E-state index contributed by atoms with van der Waals surface area (Å²) < 4.78 is 18.3. The van der Waals surface area contributed by atoms with Crippen LogP contribution in [0.3, 0.4) is 0 Å². The molecular weight excluding hydrogens is 351 g/mol. The standard InChI is InChI=1S/C23H30N2OP/c1-18-14-19(2)22(20(3)15-18)25-13-12-24(16-25)17-27(26,23(4,5)6)21-10-8-7-9-11-21/h7-16H,17H2,1-6H3/q+1. The molecular formula is C23H30N2OP+. The van der Waals surface area contributed by atoms with Crippen LogP contribution in [-0.2, 0) is 10.9 Å². The molecule has 0 saturated heterocycles. The molecule has 0 radical (unpaired) electrons. The van der Waals surface area contributed by atoms with Crippen molar-refractivity contribution >= 4 is 12.4 Å². The average molecular weight is 381 g/mol. The second kappa shape index (κ2) is 7.13. The van der Waals surface area contributed by atoms with Crippen LogP contribution >= 0.6 is 7.14 Å². The fraction of sp³-hybridized carbons (Fsp3) is 0.348. The van der Waals surface area contributed by atoms with Crippen molar-refractivity contribution in [2.75, 3.05) is 0 Å². The van der Waals surface area contributed by atoms with Crippen molar-refractivity contribution in [3.8, 4) is 5.69 Å². The first-order chi connectivity index (χ1) is 12.6. The zero-order chi connectivity index (χ0) is 19.8. The van der Waals surface area contributed by atoms with Gasteiger partial charge in [-0.2, -0.15) is 0 Å². The maximum Gasteiger partial charge on any atom is 0.249 e. The fourth-order valence-corrected chi connectivity index (χ4v) is 6.41. The van der Waals surface area contributed by atoms with Crippen molar-refractivity contribution in [1.29, 1.82) is 0 Å². The minimum absolute atomic E-state index is 0.306. The molecule has 142 valence electrons. The lowest BCUT2D eigenvalue weighted by molar-refractivity contribution is -0.677. The zero-order valence-corrected chi connectivity index (χ0v) is 18.1. The number of hydrogen-bond acceptors (Lipinski definition) is 1. The molecule has 0 N–H and O–H groups in total. The van der Waals surface area contributed by atoms with Gasteiger partial charge in [0, 0.05) is 10.5 Å². The molecule has 4 heteroatoms. The topological polar surface area (TPSA) is 25.9 Å². The average Bonchev–Trinajstić information content (AvgIpc) is 3.01. The van der Waals surface area contributed by atoms with Crippen LogP contribution in [0.5, 0.6) is 0 Å². The molecule has 0 spiro atoms. The van der Waals surface area contributed by atoms with Gasteiger partial charge in [0.05, 0.1) is 0 Å². The van der Waals surface area contributed by atoms with E-state index in [2.05, 4.69) is 75.3 Å². The Bertz CT molecular complexity index is 974. The molecule has 0 saturated carbocycles. The third kappa shape index (κ3) is 3.80. The molecule has 0 amide bonds. The lowest BCUT2D eigenvalue weighted by Gasteiger charge is -2.30.